The third kappa shape index (κ3) is 4.15. The summed E-state index contributed by atoms with van der Waals surface area (Å²) in [5.74, 6) is 2.98. The number of nitrogens with zero attached hydrogens (tertiary/aromatic N) is 2. The van der Waals surface area contributed by atoms with Crippen LogP contribution >= 0.6 is 23.4 Å². The molecule has 0 bridgehead atoms. The fourth-order valence-electron chi connectivity index (χ4n) is 0.982. The fraction of sp³-hybridized carbons (Fsp3) is 0.556. The second-order valence-electron chi connectivity index (χ2n) is 2.95. The van der Waals surface area contributed by atoms with Crippen LogP contribution in [-0.4, -0.2) is 27.7 Å². The van der Waals surface area contributed by atoms with Gasteiger partial charge in [-0.25, -0.2) is 0 Å². The third-order valence-electron chi connectivity index (χ3n) is 1.60. The van der Waals surface area contributed by atoms with Crippen molar-refractivity contribution in [2.24, 2.45) is 0 Å². The Hall–Kier alpha value is -0.480. The van der Waals surface area contributed by atoms with E-state index in [1.807, 2.05) is 17.8 Å². The molecule has 0 aliphatic heterocycles. The fourth-order valence-corrected chi connectivity index (χ4v) is 1.76. The van der Waals surface area contributed by atoms with E-state index in [1.165, 1.54) is 0 Å². The number of thioether (sulfide) groups is 1. The zero-order valence-corrected chi connectivity index (χ0v) is 9.90. The van der Waals surface area contributed by atoms with E-state index in [-0.39, 0.29) is 0 Å². The SMILES string of the molecule is CCSCC(C)Nc1ccc(Cl)nn1. The first-order valence-electron chi connectivity index (χ1n) is 4.56. The van der Waals surface area contributed by atoms with E-state index in [0.29, 0.717) is 11.2 Å². The van der Waals surface area contributed by atoms with Crippen LogP contribution in [0.15, 0.2) is 12.1 Å². The summed E-state index contributed by atoms with van der Waals surface area (Å²) in [6.07, 6.45) is 0. The molecule has 0 radical (unpaired) electrons. The van der Waals surface area contributed by atoms with Gasteiger partial charge in [0.1, 0.15) is 5.82 Å². The molecule has 0 aliphatic carbocycles. The van der Waals surface area contributed by atoms with Crippen molar-refractivity contribution >= 4 is 29.2 Å². The van der Waals surface area contributed by atoms with Crippen molar-refractivity contribution in [1.82, 2.24) is 10.2 Å². The van der Waals surface area contributed by atoms with Gasteiger partial charge in [0.15, 0.2) is 5.15 Å². The highest BCUT2D eigenvalue weighted by Crippen LogP contribution is 2.09. The van der Waals surface area contributed by atoms with E-state index >= 15 is 0 Å². The summed E-state index contributed by atoms with van der Waals surface area (Å²) in [7, 11) is 0. The first kappa shape index (κ1) is 11.6. The highest BCUT2D eigenvalue weighted by Gasteiger charge is 2.02. The molecule has 0 aromatic carbocycles. The van der Waals surface area contributed by atoms with Crippen LogP contribution in [0.5, 0.6) is 0 Å². The second-order valence-corrected chi connectivity index (χ2v) is 4.65. The summed E-state index contributed by atoms with van der Waals surface area (Å²) in [6.45, 7) is 4.28. The van der Waals surface area contributed by atoms with Crippen LogP contribution < -0.4 is 5.32 Å². The van der Waals surface area contributed by atoms with Gasteiger partial charge in [-0.2, -0.15) is 11.8 Å². The van der Waals surface area contributed by atoms with Crippen LogP contribution in [0.2, 0.25) is 5.15 Å². The van der Waals surface area contributed by atoms with E-state index in [0.717, 1.165) is 17.3 Å². The normalized spacial score (nSPS) is 12.5. The molecule has 0 fully saturated rings. The minimum Gasteiger partial charge on any atom is -0.365 e. The molecule has 1 N–H and O–H groups in total. The summed E-state index contributed by atoms with van der Waals surface area (Å²) in [5, 5.41) is 11.4. The summed E-state index contributed by atoms with van der Waals surface area (Å²) in [6, 6.07) is 3.97. The van der Waals surface area contributed by atoms with Gasteiger partial charge in [-0.1, -0.05) is 18.5 Å². The largest absolute Gasteiger partial charge is 0.365 e. The molecule has 1 aromatic heterocycles. The van der Waals surface area contributed by atoms with Crippen molar-refractivity contribution in [2.75, 3.05) is 16.8 Å². The molecule has 78 valence electrons. The first-order chi connectivity index (χ1) is 6.72. The van der Waals surface area contributed by atoms with Gasteiger partial charge in [0, 0.05) is 11.8 Å². The van der Waals surface area contributed by atoms with Crippen LogP contribution in [0.1, 0.15) is 13.8 Å². The molecule has 0 amide bonds. The Kier molecular flexibility index (Phi) is 5.04. The monoisotopic (exact) mass is 231 g/mol. The predicted octanol–water partition coefficient (Wildman–Crippen LogP) is 2.68. The molecular weight excluding hydrogens is 218 g/mol. The summed E-state index contributed by atoms with van der Waals surface area (Å²) < 4.78 is 0. The van der Waals surface area contributed by atoms with Crippen LogP contribution in [0.4, 0.5) is 5.82 Å². The Morgan fingerprint density at radius 1 is 1.50 bits per heavy atom. The number of hydrogen-bond acceptors (Lipinski definition) is 4. The molecule has 0 saturated carbocycles. The highest BCUT2D eigenvalue weighted by atomic mass is 35.5. The average molecular weight is 232 g/mol. The number of halogens is 1. The molecule has 1 unspecified atom stereocenters. The zero-order chi connectivity index (χ0) is 10.4. The second kappa shape index (κ2) is 6.09. The quantitative estimate of drug-likeness (QED) is 0.846. The molecular formula is C9H14ClN3S. The summed E-state index contributed by atoms with van der Waals surface area (Å²) >= 11 is 7.53. The third-order valence-corrected chi connectivity index (χ3v) is 2.94. The Morgan fingerprint density at radius 2 is 2.29 bits per heavy atom. The lowest BCUT2D eigenvalue weighted by Crippen LogP contribution is -2.19. The van der Waals surface area contributed by atoms with Crippen molar-refractivity contribution in [3.8, 4) is 0 Å². The number of aromatic nitrogens is 2. The molecule has 1 rings (SSSR count). The number of hydrogen-bond donors (Lipinski definition) is 1. The topological polar surface area (TPSA) is 37.8 Å². The minimum atomic E-state index is 0.399. The van der Waals surface area contributed by atoms with Crippen LogP contribution in [0.25, 0.3) is 0 Å². The summed E-state index contributed by atoms with van der Waals surface area (Å²) in [4.78, 5) is 0. The van der Waals surface area contributed by atoms with E-state index in [4.69, 9.17) is 11.6 Å². The molecule has 0 saturated heterocycles. The Balaban J connectivity index is 2.39. The Morgan fingerprint density at radius 3 is 2.86 bits per heavy atom. The van der Waals surface area contributed by atoms with Crippen molar-refractivity contribution in [1.29, 1.82) is 0 Å². The molecule has 0 spiro atoms. The van der Waals surface area contributed by atoms with Gasteiger partial charge in [0.05, 0.1) is 0 Å². The van der Waals surface area contributed by atoms with Crippen LogP contribution in [-0.2, 0) is 0 Å². The van der Waals surface area contributed by atoms with E-state index in [2.05, 4.69) is 29.4 Å². The predicted molar refractivity (Wildman–Crippen MR) is 63.1 cm³/mol. The number of anilines is 1. The average Bonchev–Trinajstić information content (AvgIpc) is 2.18. The van der Waals surface area contributed by atoms with Gasteiger partial charge in [-0.3, -0.25) is 0 Å². The lowest BCUT2D eigenvalue weighted by atomic mass is 10.4. The summed E-state index contributed by atoms with van der Waals surface area (Å²) in [5.41, 5.74) is 0. The lowest BCUT2D eigenvalue weighted by Gasteiger charge is -2.12. The standard InChI is InChI=1S/C9H14ClN3S/c1-3-14-6-7(2)11-9-5-4-8(10)12-13-9/h4-5,7H,3,6H2,1-2H3,(H,11,13). The van der Waals surface area contributed by atoms with Crippen LogP contribution in [0.3, 0.4) is 0 Å². The number of rotatable bonds is 5. The zero-order valence-electron chi connectivity index (χ0n) is 8.33. The van der Waals surface area contributed by atoms with Gasteiger partial charge in [0.2, 0.25) is 0 Å². The van der Waals surface area contributed by atoms with Gasteiger partial charge >= 0.3 is 0 Å². The molecule has 3 nitrogen and oxygen atoms in total. The molecule has 1 aromatic rings. The minimum absolute atomic E-state index is 0.399. The van der Waals surface area contributed by atoms with Crippen LogP contribution in [0, 0.1) is 0 Å². The number of nitrogens with one attached hydrogen (secondary N) is 1. The van der Waals surface area contributed by atoms with Gasteiger partial charge in [0.25, 0.3) is 0 Å². The van der Waals surface area contributed by atoms with Gasteiger partial charge < -0.3 is 5.32 Å². The first-order valence-corrected chi connectivity index (χ1v) is 6.09. The molecule has 1 heterocycles. The van der Waals surface area contributed by atoms with Gasteiger partial charge in [-0.15, -0.1) is 10.2 Å². The maximum Gasteiger partial charge on any atom is 0.151 e. The molecule has 5 heteroatoms. The lowest BCUT2D eigenvalue weighted by molar-refractivity contribution is 0.884. The highest BCUT2D eigenvalue weighted by molar-refractivity contribution is 7.99. The van der Waals surface area contributed by atoms with E-state index in [9.17, 15) is 0 Å². The van der Waals surface area contributed by atoms with Crippen molar-refractivity contribution in [2.45, 2.75) is 19.9 Å². The Labute approximate surface area is 93.6 Å². The molecule has 1 atom stereocenters. The van der Waals surface area contributed by atoms with Gasteiger partial charge in [-0.05, 0) is 24.8 Å². The maximum atomic E-state index is 5.63. The molecule has 0 aliphatic rings. The maximum absolute atomic E-state index is 5.63. The molecule has 14 heavy (non-hydrogen) atoms. The van der Waals surface area contributed by atoms with E-state index in [1.54, 1.807) is 6.07 Å². The van der Waals surface area contributed by atoms with Crippen molar-refractivity contribution < 1.29 is 0 Å². The Bertz CT molecular complexity index is 265. The van der Waals surface area contributed by atoms with Crippen molar-refractivity contribution in [3.05, 3.63) is 17.3 Å². The van der Waals surface area contributed by atoms with E-state index < -0.39 is 0 Å². The smallest absolute Gasteiger partial charge is 0.151 e. The van der Waals surface area contributed by atoms with Crippen molar-refractivity contribution in [3.63, 3.8) is 0 Å².